The molecule has 2 aromatic rings. The molecular weight excluding hydrogens is 288 g/mol. The second-order valence-corrected chi connectivity index (χ2v) is 6.59. The first kappa shape index (κ1) is 14.6. The van der Waals surface area contributed by atoms with Gasteiger partial charge in [-0.1, -0.05) is 22.9 Å². The van der Waals surface area contributed by atoms with Crippen molar-refractivity contribution in [2.24, 2.45) is 0 Å². The van der Waals surface area contributed by atoms with E-state index in [0.717, 1.165) is 5.69 Å². The maximum absolute atomic E-state index is 5.99. The Balaban J connectivity index is 1.87. The Morgan fingerprint density at radius 2 is 1.81 bits per heavy atom. The fourth-order valence-corrected chi connectivity index (χ4v) is 2.28. The summed E-state index contributed by atoms with van der Waals surface area (Å²) in [7, 11) is -0.511. The summed E-state index contributed by atoms with van der Waals surface area (Å²) >= 11 is 5.99. The van der Waals surface area contributed by atoms with Crippen LogP contribution in [0.4, 0.5) is 0 Å². The summed E-state index contributed by atoms with van der Waals surface area (Å²) in [5, 5.41) is 8.92. The van der Waals surface area contributed by atoms with Crippen molar-refractivity contribution in [2.75, 3.05) is 0 Å². The zero-order valence-corrected chi connectivity index (χ0v) is 13.3. The average Bonchev–Trinajstić information content (AvgIpc) is 2.93. The van der Waals surface area contributed by atoms with Gasteiger partial charge in [0.1, 0.15) is 5.59 Å². The van der Waals surface area contributed by atoms with Gasteiger partial charge in [-0.05, 0) is 45.9 Å². The summed E-state index contributed by atoms with van der Waals surface area (Å²) in [4.78, 5) is 0. The van der Waals surface area contributed by atoms with Gasteiger partial charge in [0.05, 0.1) is 23.1 Å². The first-order valence-electron chi connectivity index (χ1n) is 6.82. The number of rotatable bonds is 2. The van der Waals surface area contributed by atoms with Gasteiger partial charge < -0.3 is 9.31 Å². The molecule has 21 heavy (non-hydrogen) atoms. The number of nitrogens with zero attached hydrogens (tertiary/aromatic N) is 3. The maximum atomic E-state index is 5.99. The molecule has 0 spiro atoms. The van der Waals surface area contributed by atoms with Crippen LogP contribution < -0.4 is 5.59 Å². The second-order valence-electron chi connectivity index (χ2n) is 6.16. The molecule has 0 unspecified atom stereocenters. The molecule has 0 N–H and O–H groups in total. The molecule has 1 fully saturated rings. The molecule has 1 aliphatic rings. The van der Waals surface area contributed by atoms with Gasteiger partial charge in [-0.2, -0.15) is 0 Å². The van der Waals surface area contributed by atoms with E-state index < -0.39 is 18.3 Å². The van der Waals surface area contributed by atoms with Crippen molar-refractivity contribution < 1.29 is 9.31 Å². The van der Waals surface area contributed by atoms with Crippen LogP contribution in [-0.2, 0) is 9.31 Å². The Labute approximate surface area is 129 Å². The highest BCUT2D eigenvalue weighted by atomic mass is 35.5. The van der Waals surface area contributed by atoms with E-state index in [1.807, 2.05) is 52.0 Å². The van der Waals surface area contributed by atoms with Crippen LogP contribution in [0.15, 0.2) is 30.5 Å². The summed E-state index contributed by atoms with van der Waals surface area (Å²) in [6.07, 6.45) is 1.80. The molecule has 0 aliphatic carbocycles. The van der Waals surface area contributed by atoms with Crippen molar-refractivity contribution >= 4 is 24.3 Å². The van der Waals surface area contributed by atoms with Gasteiger partial charge in [-0.15, -0.1) is 5.10 Å². The van der Waals surface area contributed by atoms with Crippen LogP contribution in [0.3, 0.4) is 0 Å². The van der Waals surface area contributed by atoms with Crippen LogP contribution in [0, 0.1) is 0 Å². The van der Waals surface area contributed by atoms with Crippen molar-refractivity contribution in [3.8, 4) is 5.69 Å². The van der Waals surface area contributed by atoms with Crippen molar-refractivity contribution in [3.63, 3.8) is 0 Å². The topological polar surface area (TPSA) is 49.2 Å². The highest BCUT2D eigenvalue weighted by Gasteiger charge is 2.52. The van der Waals surface area contributed by atoms with E-state index in [1.165, 1.54) is 0 Å². The van der Waals surface area contributed by atoms with Crippen LogP contribution in [0.25, 0.3) is 5.69 Å². The molecule has 1 aromatic carbocycles. The molecular formula is C14H17BClN3O2. The molecule has 0 saturated carbocycles. The Morgan fingerprint density at radius 1 is 1.14 bits per heavy atom. The molecule has 0 radical (unpaired) electrons. The molecule has 0 amide bonds. The van der Waals surface area contributed by atoms with Crippen LogP contribution in [-0.4, -0.2) is 33.3 Å². The molecule has 1 aliphatic heterocycles. The van der Waals surface area contributed by atoms with Gasteiger partial charge in [-0.25, -0.2) is 4.68 Å². The Morgan fingerprint density at radius 3 is 2.43 bits per heavy atom. The minimum atomic E-state index is -0.511. The molecule has 1 saturated heterocycles. The van der Waals surface area contributed by atoms with Crippen molar-refractivity contribution in [3.05, 3.63) is 35.5 Å². The quantitative estimate of drug-likeness (QED) is 0.798. The third-order valence-corrected chi connectivity index (χ3v) is 4.31. The molecule has 3 rings (SSSR count). The third kappa shape index (κ3) is 2.59. The SMILES string of the molecule is CC1(C)OB(c2cn(-c3cccc(Cl)c3)nn2)OC1(C)C. The van der Waals surface area contributed by atoms with E-state index in [2.05, 4.69) is 10.3 Å². The Hall–Kier alpha value is -1.37. The molecule has 110 valence electrons. The van der Waals surface area contributed by atoms with Crippen LogP contribution in [0.5, 0.6) is 0 Å². The zero-order chi connectivity index (χ0) is 15.3. The number of hydrogen-bond donors (Lipinski definition) is 0. The summed E-state index contributed by atoms with van der Waals surface area (Å²) in [6, 6.07) is 7.42. The second kappa shape index (κ2) is 4.83. The summed E-state index contributed by atoms with van der Waals surface area (Å²) in [6.45, 7) is 8.03. The Kier molecular flexibility index (Phi) is 3.35. The molecule has 2 heterocycles. The average molecular weight is 306 g/mol. The van der Waals surface area contributed by atoms with E-state index in [1.54, 1.807) is 10.9 Å². The van der Waals surface area contributed by atoms with Gasteiger partial charge in [-0.3, -0.25) is 0 Å². The van der Waals surface area contributed by atoms with Gasteiger partial charge in [0.2, 0.25) is 0 Å². The number of hydrogen-bond acceptors (Lipinski definition) is 4. The van der Waals surface area contributed by atoms with Gasteiger partial charge >= 0.3 is 7.12 Å². The lowest BCUT2D eigenvalue weighted by atomic mass is 9.86. The minimum absolute atomic E-state index is 0.391. The first-order valence-corrected chi connectivity index (χ1v) is 7.20. The standard InChI is InChI=1S/C14H17BClN3O2/c1-13(2)14(3,4)21-15(20-13)12-9-19(18-17-12)11-7-5-6-10(16)8-11/h5-9H,1-4H3. The number of aromatic nitrogens is 3. The normalized spacial score (nSPS) is 20.0. The predicted octanol–water partition coefficient (Wildman–Crippen LogP) is 2.22. The lowest BCUT2D eigenvalue weighted by Gasteiger charge is -2.32. The van der Waals surface area contributed by atoms with E-state index in [9.17, 15) is 0 Å². The molecule has 0 atom stereocenters. The lowest BCUT2D eigenvalue weighted by Crippen LogP contribution is -2.41. The zero-order valence-electron chi connectivity index (χ0n) is 12.5. The fourth-order valence-electron chi connectivity index (χ4n) is 2.09. The van der Waals surface area contributed by atoms with Crippen LogP contribution in [0.1, 0.15) is 27.7 Å². The Bertz CT molecular complexity index is 656. The summed E-state index contributed by atoms with van der Waals surface area (Å²) in [5.41, 5.74) is 0.709. The highest BCUT2D eigenvalue weighted by molar-refractivity contribution is 6.61. The number of halogens is 1. The first-order chi connectivity index (χ1) is 9.78. The van der Waals surface area contributed by atoms with Crippen molar-refractivity contribution in [1.82, 2.24) is 15.0 Å². The van der Waals surface area contributed by atoms with Crippen LogP contribution in [0.2, 0.25) is 5.02 Å². The summed E-state index contributed by atoms with van der Waals surface area (Å²) < 4.78 is 13.6. The third-order valence-electron chi connectivity index (χ3n) is 4.08. The van der Waals surface area contributed by atoms with Crippen molar-refractivity contribution in [2.45, 2.75) is 38.9 Å². The molecule has 7 heteroatoms. The minimum Gasteiger partial charge on any atom is -0.398 e. The monoisotopic (exact) mass is 305 g/mol. The highest BCUT2D eigenvalue weighted by Crippen LogP contribution is 2.36. The van der Waals surface area contributed by atoms with Crippen LogP contribution >= 0.6 is 11.6 Å². The molecule has 5 nitrogen and oxygen atoms in total. The van der Waals surface area contributed by atoms with E-state index >= 15 is 0 Å². The lowest BCUT2D eigenvalue weighted by molar-refractivity contribution is 0.00578. The fraction of sp³-hybridized carbons (Fsp3) is 0.429. The number of benzene rings is 1. The van der Waals surface area contributed by atoms with E-state index in [0.29, 0.717) is 10.6 Å². The van der Waals surface area contributed by atoms with E-state index in [4.69, 9.17) is 20.9 Å². The predicted molar refractivity (Wildman–Crippen MR) is 82.1 cm³/mol. The molecule has 1 aromatic heterocycles. The maximum Gasteiger partial charge on any atom is 0.518 e. The van der Waals surface area contributed by atoms with Gasteiger partial charge in [0, 0.05) is 5.02 Å². The van der Waals surface area contributed by atoms with Gasteiger partial charge in [0.15, 0.2) is 0 Å². The largest absolute Gasteiger partial charge is 0.518 e. The summed E-state index contributed by atoms with van der Waals surface area (Å²) in [5.74, 6) is 0. The smallest absolute Gasteiger partial charge is 0.398 e. The molecule has 0 bridgehead atoms. The van der Waals surface area contributed by atoms with Crippen molar-refractivity contribution in [1.29, 1.82) is 0 Å². The van der Waals surface area contributed by atoms with E-state index in [-0.39, 0.29) is 0 Å². The van der Waals surface area contributed by atoms with Gasteiger partial charge in [0.25, 0.3) is 0 Å².